The molecule has 0 radical (unpaired) electrons. The number of benzene rings is 2. The molecule has 0 bridgehead atoms. The number of para-hydroxylation sites is 1. The molecule has 3 aromatic rings. The lowest BCUT2D eigenvalue weighted by Crippen LogP contribution is -3.00. The van der Waals surface area contributed by atoms with Gasteiger partial charge in [-0.25, -0.2) is 4.74 Å². The van der Waals surface area contributed by atoms with E-state index in [-0.39, 0.29) is 23.8 Å². The summed E-state index contributed by atoms with van der Waals surface area (Å²) in [5.41, 5.74) is 0.785. The maximum absolute atomic E-state index is 11.6. The van der Waals surface area contributed by atoms with Crippen molar-refractivity contribution in [3.63, 3.8) is 0 Å². The molecule has 0 aliphatic carbocycles. The van der Waals surface area contributed by atoms with Gasteiger partial charge in [-0.15, -0.1) is 0 Å². The Balaban J connectivity index is 0.00000320. The Bertz CT molecular complexity index is 1110. The first kappa shape index (κ1) is 24.2. The van der Waals surface area contributed by atoms with E-state index < -0.39 is 17.4 Å². The van der Waals surface area contributed by atoms with E-state index in [0.717, 1.165) is 10.2 Å². The number of halogens is 2. The third-order valence-electron chi connectivity index (χ3n) is 4.29. The maximum Gasteiger partial charge on any atom is 0.294 e. The van der Waals surface area contributed by atoms with E-state index in [0.29, 0.717) is 11.3 Å². The molecular formula is C21H22BrClN2O4P-. The normalized spacial score (nSPS) is 13.1. The largest absolute Gasteiger partial charge is 1.00 e. The lowest BCUT2D eigenvalue weighted by atomic mass is 10.3. The van der Waals surface area contributed by atoms with Gasteiger partial charge in [-0.05, 0) is 43.3 Å². The molecule has 0 spiro atoms. The first-order valence-electron chi connectivity index (χ1n) is 9.00. The van der Waals surface area contributed by atoms with Crippen molar-refractivity contribution in [1.82, 2.24) is 0 Å². The highest BCUT2D eigenvalue weighted by Crippen LogP contribution is 2.62. The summed E-state index contributed by atoms with van der Waals surface area (Å²) in [6.45, 7) is 7.88. The summed E-state index contributed by atoms with van der Waals surface area (Å²) in [5, 5.41) is 11.1. The lowest BCUT2D eigenvalue weighted by Gasteiger charge is -2.35. The van der Waals surface area contributed by atoms with Crippen molar-refractivity contribution in [3.05, 3.63) is 81.0 Å². The standard InChI is InChI=1S/C21H22BrN2O4P.ClH/c1-15-12-13-20(27-15)29(21(2,3)4,28-17-9-7-8-16(22)14-17)23-18-10-5-6-11-19(18)24(25)26;/h5-14H,1-4H3;1H/p-1. The number of nitrogens with zero attached hydrogens (tertiary/aromatic N) is 2. The Hall–Kier alpha value is -2.08. The summed E-state index contributed by atoms with van der Waals surface area (Å²) >= 11 is 3.47. The molecule has 2 aromatic carbocycles. The van der Waals surface area contributed by atoms with Gasteiger partial charge in [0.25, 0.3) is 5.69 Å². The smallest absolute Gasteiger partial charge is 0.294 e. The number of nitro benzene ring substituents is 1. The molecule has 0 saturated heterocycles. The predicted octanol–water partition coefficient (Wildman–Crippen LogP) is 4.21. The molecule has 1 unspecified atom stereocenters. The highest BCUT2D eigenvalue weighted by atomic mass is 79.9. The van der Waals surface area contributed by atoms with Crippen LogP contribution in [0.15, 0.2) is 74.3 Å². The van der Waals surface area contributed by atoms with Crippen LogP contribution >= 0.6 is 23.2 Å². The highest BCUT2D eigenvalue weighted by molar-refractivity contribution is 9.10. The van der Waals surface area contributed by atoms with Crippen LogP contribution in [0.1, 0.15) is 26.5 Å². The minimum absolute atomic E-state index is 0. The number of hydrogen-bond acceptors (Lipinski definition) is 5. The topological polar surface area (TPSA) is 77.9 Å². The first-order chi connectivity index (χ1) is 13.6. The Kier molecular flexibility index (Phi) is 7.56. The second kappa shape index (κ2) is 9.38. The monoisotopic (exact) mass is 511 g/mol. The molecule has 0 N–H and O–H groups in total. The van der Waals surface area contributed by atoms with E-state index in [4.69, 9.17) is 13.7 Å². The van der Waals surface area contributed by atoms with Crippen LogP contribution in [0.25, 0.3) is 0 Å². The fraction of sp³-hybridized carbons (Fsp3) is 0.238. The average molecular weight is 513 g/mol. The first-order valence-corrected chi connectivity index (χ1v) is 11.5. The predicted molar refractivity (Wildman–Crippen MR) is 120 cm³/mol. The zero-order chi connectivity index (χ0) is 21.2. The Morgan fingerprint density at radius 1 is 1.10 bits per heavy atom. The second-order valence-electron chi connectivity index (χ2n) is 7.53. The van der Waals surface area contributed by atoms with Gasteiger partial charge in [-0.2, -0.15) is 0 Å². The molecule has 0 saturated carbocycles. The highest BCUT2D eigenvalue weighted by Gasteiger charge is 2.42. The van der Waals surface area contributed by atoms with Crippen molar-refractivity contribution in [2.45, 2.75) is 32.9 Å². The molecule has 160 valence electrons. The van der Waals surface area contributed by atoms with Crippen molar-refractivity contribution >= 4 is 40.1 Å². The molecule has 30 heavy (non-hydrogen) atoms. The zero-order valence-corrected chi connectivity index (χ0v) is 20.2. The van der Waals surface area contributed by atoms with E-state index in [1.165, 1.54) is 6.07 Å². The van der Waals surface area contributed by atoms with Gasteiger partial charge in [-0.3, -0.25) is 10.1 Å². The molecule has 1 aromatic heterocycles. The van der Waals surface area contributed by atoms with E-state index in [1.807, 2.05) is 64.1 Å². The molecule has 0 aliphatic heterocycles. The molecular weight excluding hydrogens is 491 g/mol. The summed E-state index contributed by atoms with van der Waals surface area (Å²) in [7, 11) is -2.91. The fourth-order valence-corrected chi connectivity index (χ4v) is 6.13. The van der Waals surface area contributed by atoms with Crippen molar-refractivity contribution < 1.29 is 26.3 Å². The van der Waals surface area contributed by atoms with E-state index in [1.54, 1.807) is 18.2 Å². The number of furan rings is 1. The van der Waals surface area contributed by atoms with Crippen LogP contribution in [0.5, 0.6) is 5.75 Å². The van der Waals surface area contributed by atoms with Crippen molar-refractivity contribution in [2.24, 2.45) is 4.74 Å². The molecule has 9 heteroatoms. The summed E-state index contributed by atoms with van der Waals surface area (Å²) in [5.74, 6) is 1.34. The van der Waals surface area contributed by atoms with Crippen LogP contribution in [-0.4, -0.2) is 10.1 Å². The molecule has 0 aliphatic rings. The van der Waals surface area contributed by atoms with Crippen molar-refractivity contribution in [3.8, 4) is 5.75 Å². The van der Waals surface area contributed by atoms with Crippen LogP contribution in [0, 0.1) is 17.0 Å². The van der Waals surface area contributed by atoms with Gasteiger partial charge in [0.15, 0.2) is 5.50 Å². The molecule has 1 heterocycles. The fourth-order valence-electron chi connectivity index (χ4n) is 2.85. The second-order valence-corrected chi connectivity index (χ2v) is 11.8. The van der Waals surface area contributed by atoms with E-state index in [9.17, 15) is 10.1 Å². The van der Waals surface area contributed by atoms with Crippen LogP contribution in [0.3, 0.4) is 0 Å². The number of hydrogen-bond donors (Lipinski definition) is 0. The van der Waals surface area contributed by atoms with Crippen LogP contribution in [0.2, 0.25) is 0 Å². The van der Waals surface area contributed by atoms with Crippen molar-refractivity contribution in [1.29, 1.82) is 0 Å². The summed E-state index contributed by atoms with van der Waals surface area (Å²) in [6, 6.07) is 17.6. The Morgan fingerprint density at radius 2 is 1.80 bits per heavy atom. The van der Waals surface area contributed by atoms with Gasteiger partial charge in [0.1, 0.15) is 17.2 Å². The summed E-state index contributed by atoms with van der Waals surface area (Å²) in [4.78, 5) is 11.2. The third kappa shape index (κ3) is 4.97. The van der Waals surface area contributed by atoms with E-state index in [2.05, 4.69) is 15.9 Å². The number of rotatable bonds is 5. The van der Waals surface area contributed by atoms with Gasteiger partial charge in [0.2, 0.25) is 7.28 Å². The maximum atomic E-state index is 11.6. The Morgan fingerprint density at radius 3 is 2.37 bits per heavy atom. The summed E-state index contributed by atoms with van der Waals surface area (Å²) < 4.78 is 18.4. The van der Waals surface area contributed by atoms with E-state index >= 15 is 0 Å². The minimum Gasteiger partial charge on any atom is -1.00 e. The van der Waals surface area contributed by atoms with Gasteiger partial charge >= 0.3 is 0 Å². The lowest BCUT2D eigenvalue weighted by molar-refractivity contribution is -0.384. The number of nitro groups is 1. The van der Waals surface area contributed by atoms with Crippen LogP contribution < -0.4 is 22.4 Å². The van der Waals surface area contributed by atoms with Gasteiger partial charge in [0, 0.05) is 15.7 Å². The Labute approximate surface area is 190 Å². The average Bonchev–Trinajstić information content (AvgIpc) is 3.07. The quantitative estimate of drug-likeness (QED) is 0.291. The molecule has 0 amide bonds. The van der Waals surface area contributed by atoms with Crippen LogP contribution in [-0.2, 0) is 0 Å². The summed E-state index contributed by atoms with van der Waals surface area (Å²) in [6.07, 6.45) is 0. The third-order valence-corrected chi connectivity index (χ3v) is 8.42. The minimum atomic E-state index is -2.91. The SMILES string of the molecule is Cc1ccc(P(=Nc2ccccc2[N+](=O)[O-])(Oc2cccc(Br)c2)C(C)(C)C)o1.[Cl-]. The van der Waals surface area contributed by atoms with Gasteiger partial charge in [0.05, 0.1) is 4.92 Å². The molecule has 3 rings (SSSR count). The van der Waals surface area contributed by atoms with Gasteiger partial charge < -0.3 is 21.3 Å². The van der Waals surface area contributed by atoms with Crippen molar-refractivity contribution in [2.75, 3.05) is 0 Å². The number of aryl methyl sites for hydroxylation is 1. The van der Waals surface area contributed by atoms with Gasteiger partial charge in [-0.1, -0.05) is 54.9 Å². The molecule has 0 fully saturated rings. The van der Waals surface area contributed by atoms with Crippen LogP contribution in [0.4, 0.5) is 11.4 Å². The molecule has 1 atom stereocenters. The molecule has 6 nitrogen and oxygen atoms in total. The zero-order valence-electron chi connectivity index (χ0n) is 17.0.